The van der Waals surface area contributed by atoms with Crippen LogP contribution in [0.5, 0.6) is 0 Å². The Morgan fingerprint density at radius 3 is 2.64 bits per heavy atom. The van der Waals surface area contributed by atoms with Crippen LogP contribution in [0, 0.1) is 6.92 Å². The fourth-order valence-electron chi connectivity index (χ4n) is 3.72. The first kappa shape index (κ1) is 16.1. The first-order valence-electron chi connectivity index (χ1n) is 8.93. The van der Waals surface area contributed by atoms with Crippen molar-refractivity contribution in [3.8, 4) is 0 Å². The van der Waals surface area contributed by atoms with Crippen molar-refractivity contribution in [3.05, 3.63) is 23.0 Å². The molecule has 2 heterocycles. The monoisotopic (exact) mass is 342 g/mol. The number of carboxylic acid groups (broad SMARTS) is 1. The maximum Gasteiger partial charge on any atom is 0.336 e. The molecule has 0 saturated heterocycles. The third-order valence-electron chi connectivity index (χ3n) is 5.07. The van der Waals surface area contributed by atoms with Crippen LogP contribution in [0.2, 0.25) is 0 Å². The van der Waals surface area contributed by atoms with E-state index >= 15 is 0 Å². The van der Waals surface area contributed by atoms with Gasteiger partial charge in [-0.05, 0) is 38.7 Å². The number of carboxylic acids is 1. The zero-order chi connectivity index (χ0) is 17.6. The van der Waals surface area contributed by atoms with Gasteiger partial charge in [0, 0.05) is 17.7 Å². The van der Waals surface area contributed by atoms with Crippen molar-refractivity contribution in [2.24, 2.45) is 0 Å². The van der Waals surface area contributed by atoms with E-state index in [4.69, 9.17) is 0 Å². The molecule has 1 amide bonds. The van der Waals surface area contributed by atoms with Crippen molar-refractivity contribution in [3.63, 3.8) is 0 Å². The van der Waals surface area contributed by atoms with Gasteiger partial charge in [0.2, 0.25) is 5.91 Å². The molecule has 132 valence electrons. The van der Waals surface area contributed by atoms with Crippen molar-refractivity contribution < 1.29 is 14.7 Å². The number of fused-ring (bicyclic) bond motifs is 1. The molecular weight excluding hydrogens is 320 g/mol. The van der Waals surface area contributed by atoms with E-state index in [2.05, 4.69) is 15.4 Å². The molecule has 4 rings (SSSR count). The number of carbonyl (C=O) groups is 2. The first-order chi connectivity index (χ1) is 12.0. The topological polar surface area (TPSA) is 97.1 Å². The Kier molecular flexibility index (Phi) is 3.94. The number of amides is 1. The summed E-state index contributed by atoms with van der Waals surface area (Å²) in [5.74, 6) is -0.782. The van der Waals surface area contributed by atoms with Crippen LogP contribution in [-0.4, -0.2) is 37.8 Å². The SMILES string of the molecule is Cc1cc(C(=O)O)c2c(C3CC3)nn(CC(=O)NC3CCCC3)c2n1. The molecular formula is C18H22N4O3. The minimum Gasteiger partial charge on any atom is -0.478 e. The lowest BCUT2D eigenvalue weighted by Crippen LogP contribution is -2.35. The Balaban J connectivity index is 1.71. The molecule has 2 N–H and O–H groups in total. The van der Waals surface area contributed by atoms with Gasteiger partial charge < -0.3 is 10.4 Å². The summed E-state index contributed by atoms with van der Waals surface area (Å²) in [6.07, 6.45) is 6.38. The number of nitrogens with one attached hydrogen (secondary N) is 1. The summed E-state index contributed by atoms with van der Waals surface area (Å²) in [6, 6.07) is 1.84. The molecule has 2 aromatic rings. The van der Waals surface area contributed by atoms with Gasteiger partial charge >= 0.3 is 5.97 Å². The van der Waals surface area contributed by atoms with Crippen LogP contribution in [0.15, 0.2) is 6.07 Å². The number of pyridine rings is 1. The second-order valence-corrected chi connectivity index (χ2v) is 7.18. The molecule has 0 aliphatic heterocycles. The van der Waals surface area contributed by atoms with Crippen LogP contribution >= 0.6 is 0 Å². The number of aromatic carboxylic acids is 1. The fraction of sp³-hybridized carbons (Fsp3) is 0.556. The first-order valence-corrected chi connectivity index (χ1v) is 8.93. The van der Waals surface area contributed by atoms with Gasteiger partial charge in [0.1, 0.15) is 6.54 Å². The highest BCUT2D eigenvalue weighted by atomic mass is 16.4. The van der Waals surface area contributed by atoms with Crippen molar-refractivity contribution in [2.45, 2.75) is 64.0 Å². The number of carbonyl (C=O) groups excluding carboxylic acids is 1. The summed E-state index contributed by atoms with van der Waals surface area (Å²) >= 11 is 0. The normalized spacial score (nSPS) is 18.0. The van der Waals surface area contributed by atoms with Crippen molar-refractivity contribution in [2.75, 3.05) is 0 Å². The minimum atomic E-state index is -0.979. The Morgan fingerprint density at radius 2 is 2.00 bits per heavy atom. The van der Waals surface area contributed by atoms with E-state index in [1.54, 1.807) is 17.7 Å². The van der Waals surface area contributed by atoms with Crippen LogP contribution < -0.4 is 5.32 Å². The molecule has 0 aromatic carbocycles. The lowest BCUT2D eigenvalue weighted by Gasteiger charge is -2.12. The van der Waals surface area contributed by atoms with Gasteiger partial charge in [0.05, 0.1) is 16.6 Å². The molecule has 0 bridgehead atoms. The molecule has 0 atom stereocenters. The van der Waals surface area contributed by atoms with Gasteiger partial charge in [-0.25, -0.2) is 14.5 Å². The number of nitrogens with zero attached hydrogens (tertiary/aromatic N) is 3. The lowest BCUT2D eigenvalue weighted by atomic mass is 10.1. The van der Waals surface area contributed by atoms with Crippen molar-refractivity contribution in [1.82, 2.24) is 20.1 Å². The molecule has 2 saturated carbocycles. The molecule has 25 heavy (non-hydrogen) atoms. The van der Waals surface area contributed by atoms with E-state index in [-0.39, 0.29) is 30.0 Å². The molecule has 2 fully saturated rings. The Hall–Kier alpha value is -2.44. The largest absolute Gasteiger partial charge is 0.478 e. The van der Waals surface area contributed by atoms with Gasteiger partial charge in [-0.3, -0.25) is 4.79 Å². The van der Waals surface area contributed by atoms with E-state index in [0.29, 0.717) is 16.7 Å². The predicted molar refractivity (Wildman–Crippen MR) is 91.6 cm³/mol. The summed E-state index contributed by atoms with van der Waals surface area (Å²) in [7, 11) is 0. The summed E-state index contributed by atoms with van der Waals surface area (Å²) in [5.41, 5.74) is 2.12. The molecule has 2 aromatic heterocycles. The molecule has 7 heteroatoms. The highest BCUT2D eigenvalue weighted by Crippen LogP contribution is 2.43. The minimum absolute atomic E-state index is 0.0786. The zero-order valence-corrected chi connectivity index (χ0v) is 14.3. The maximum absolute atomic E-state index is 12.4. The standard InChI is InChI=1S/C18H22N4O3/c1-10-8-13(18(24)25)15-16(11-6-7-11)21-22(17(15)19-10)9-14(23)20-12-4-2-3-5-12/h8,11-12H,2-7,9H2,1H3,(H,20,23)(H,24,25). The molecule has 0 spiro atoms. The Labute approximate surface area is 145 Å². The Morgan fingerprint density at radius 1 is 1.28 bits per heavy atom. The third kappa shape index (κ3) is 3.10. The summed E-state index contributed by atoms with van der Waals surface area (Å²) in [4.78, 5) is 28.6. The highest BCUT2D eigenvalue weighted by Gasteiger charge is 2.32. The van der Waals surface area contributed by atoms with Gasteiger partial charge in [-0.2, -0.15) is 5.10 Å². The smallest absolute Gasteiger partial charge is 0.336 e. The average molecular weight is 342 g/mol. The van der Waals surface area contributed by atoms with Crippen LogP contribution in [0.25, 0.3) is 11.0 Å². The molecule has 0 unspecified atom stereocenters. The number of aryl methyl sites for hydroxylation is 1. The summed E-state index contributed by atoms with van der Waals surface area (Å²) in [5, 5.41) is 17.8. The number of hydrogen-bond acceptors (Lipinski definition) is 4. The van der Waals surface area contributed by atoms with Crippen LogP contribution in [0.1, 0.15) is 66.2 Å². The predicted octanol–water partition coefficient (Wildman–Crippen LogP) is 2.37. The molecule has 2 aliphatic carbocycles. The molecule has 7 nitrogen and oxygen atoms in total. The summed E-state index contributed by atoms with van der Waals surface area (Å²) < 4.78 is 1.58. The van der Waals surface area contributed by atoms with Crippen molar-refractivity contribution in [1.29, 1.82) is 0 Å². The zero-order valence-electron chi connectivity index (χ0n) is 14.3. The second kappa shape index (κ2) is 6.13. The third-order valence-corrected chi connectivity index (χ3v) is 5.07. The van der Waals surface area contributed by atoms with Crippen LogP contribution in [0.4, 0.5) is 0 Å². The quantitative estimate of drug-likeness (QED) is 0.869. The highest BCUT2D eigenvalue weighted by molar-refractivity contribution is 6.03. The van der Waals surface area contributed by atoms with Crippen LogP contribution in [0.3, 0.4) is 0 Å². The fourth-order valence-corrected chi connectivity index (χ4v) is 3.72. The van der Waals surface area contributed by atoms with E-state index < -0.39 is 5.97 Å². The number of aromatic nitrogens is 3. The second-order valence-electron chi connectivity index (χ2n) is 7.18. The van der Waals surface area contributed by atoms with E-state index in [0.717, 1.165) is 44.2 Å². The van der Waals surface area contributed by atoms with Crippen LogP contribution in [-0.2, 0) is 11.3 Å². The van der Waals surface area contributed by atoms with Gasteiger partial charge in [0.15, 0.2) is 5.65 Å². The van der Waals surface area contributed by atoms with Gasteiger partial charge in [-0.1, -0.05) is 12.8 Å². The lowest BCUT2D eigenvalue weighted by molar-refractivity contribution is -0.122. The molecule has 0 radical (unpaired) electrons. The number of rotatable bonds is 5. The van der Waals surface area contributed by atoms with Gasteiger partial charge in [0.25, 0.3) is 0 Å². The van der Waals surface area contributed by atoms with E-state index in [9.17, 15) is 14.7 Å². The Bertz CT molecular complexity index is 848. The average Bonchev–Trinajstić information content (AvgIpc) is 3.17. The summed E-state index contributed by atoms with van der Waals surface area (Å²) in [6.45, 7) is 1.84. The van der Waals surface area contributed by atoms with E-state index in [1.165, 1.54) is 0 Å². The van der Waals surface area contributed by atoms with Crippen molar-refractivity contribution >= 4 is 22.9 Å². The maximum atomic E-state index is 12.4. The number of hydrogen-bond donors (Lipinski definition) is 2. The van der Waals surface area contributed by atoms with Gasteiger partial charge in [-0.15, -0.1) is 0 Å². The van der Waals surface area contributed by atoms with E-state index in [1.807, 2.05) is 0 Å². The molecule has 2 aliphatic rings.